The van der Waals surface area contributed by atoms with Crippen LogP contribution >= 0.6 is 0 Å². The lowest BCUT2D eigenvalue weighted by Crippen LogP contribution is -2.40. The number of H-pyrrole nitrogens is 1. The minimum atomic E-state index is -0.371. The zero-order valence-electron chi connectivity index (χ0n) is 20.7. The number of benzene rings is 2. The largest absolute Gasteiger partial charge is 0.355 e. The SMILES string of the molecule is NC1CCN(c2cncc(-c3n[nH]c4ccc(-c5cc(C(=O)N6CCCCC6)ccc5F)cc34)n2)CC1. The number of aromatic nitrogens is 4. The topological polar surface area (TPSA) is 104 Å². The second kappa shape index (κ2) is 9.89. The lowest BCUT2D eigenvalue weighted by Gasteiger charge is -2.30. The van der Waals surface area contributed by atoms with Gasteiger partial charge in [-0.3, -0.25) is 14.9 Å². The summed E-state index contributed by atoms with van der Waals surface area (Å²) >= 11 is 0. The van der Waals surface area contributed by atoms with Crippen molar-refractivity contribution in [1.82, 2.24) is 25.1 Å². The Balaban J connectivity index is 1.34. The van der Waals surface area contributed by atoms with Gasteiger partial charge in [0.05, 0.1) is 17.9 Å². The van der Waals surface area contributed by atoms with Gasteiger partial charge in [-0.2, -0.15) is 5.10 Å². The van der Waals surface area contributed by atoms with E-state index in [-0.39, 0.29) is 17.8 Å². The zero-order valence-corrected chi connectivity index (χ0v) is 20.7. The lowest BCUT2D eigenvalue weighted by atomic mass is 9.99. The summed E-state index contributed by atoms with van der Waals surface area (Å²) in [5.74, 6) is 0.383. The van der Waals surface area contributed by atoms with Crippen molar-refractivity contribution in [3.63, 3.8) is 0 Å². The van der Waals surface area contributed by atoms with Crippen molar-refractivity contribution >= 4 is 22.6 Å². The van der Waals surface area contributed by atoms with Crippen molar-refractivity contribution in [1.29, 1.82) is 0 Å². The molecule has 2 aromatic heterocycles. The number of rotatable bonds is 4. The standard InChI is InChI=1S/C28H30FN7O/c29-23-6-4-19(28(37)36-10-2-1-3-11-36)15-21(23)18-5-7-24-22(14-18)27(34-33-24)25-16-31-17-26(32-25)35-12-8-20(30)9-13-35/h4-7,14-17,20H,1-3,8-13,30H2,(H,33,34). The first kappa shape index (κ1) is 23.5. The highest BCUT2D eigenvalue weighted by Crippen LogP contribution is 2.32. The second-order valence-electron chi connectivity index (χ2n) is 9.97. The number of hydrogen-bond donors (Lipinski definition) is 2. The fraction of sp³-hybridized carbons (Fsp3) is 0.357. The third-order valence-corrected chi connectivity index (χ3v) is 7.46. The fourth-order valence-corrected chi connectivity index (χ4v) is 5.29. The van der Waals surface area contributed by atoms with Crippen LogP contribution in [0.15, 0.2) is 48.8 Å². The molecule has 2 aliphatic heterocycles. The van der Waals surface area contributed by atoms with Crippen LogP contribution in [0.4, 0.5) is 10.2 Å². The molecule has 0 bridgehead atoms. The van der Waals surface area contributed by atoms with Gasteiger partial charge < -0.3 is 15.5 Å². The van der Waals surface area contributed by atoms with Crippen LogP contribution in [0, 0.1) is 5.82 Å². The molecular formula is C28H30FN7O. The van der Waals surface area contributed by atoms with E-state index in [9.17, 15) is 4.79 Å². The average Bonchev–Trinajstić information content (AvgIpc) is 3.37. The van der Waals surface area contributed by atoms with Crippen molar-refractivity contribution in [2.45, 2.75) is 38.1 Å². The predicted molar refractivity (Wildman–Crippen MR) is 142 cm³/mol. The molecule has 8 nitrogen and oxygen atoms in total. The Labute approximate surface area is 214 Å². The van der Waals surface area contributed by atoms with E-state index >= 15 is 4.39 Å². The molecule has 6 rings (SSSR count). The van der Waals surface area contributed by atoms with E-state index in [0.29, 0.717) is 28.1 Å². The van der Waals surface area contributed by atoms with Gasteiger partial charge in [0, 0.05) is 48.7 Å². The fourth-order valence-electron chi connectivity index (χ4n) is 5.29. The smallest absolute Gasteiger partial charge is 0.253 e. The Hall–Kier alpha value is -3.85. The molecule has 190 valence electrons. The van der Waals surface area contributed by atoms with Gasteiger partial charge in [0.25, 0.3) is 5.91 Å². The number of halogens is 1. The lowest BCUT2D eigenvalue weighted by molar-refractivity contribution is 0.0724. The van der Waals surface area contributed by atoms with Crippen LogP contribution in [-0.2, 0) is 0 Å². The molecule has 0 saturated carbocycles. The normalized spacial score (nSPS) is 16.9. The predicted octanol–water partition coefficient (Wildman–Crippen LogP) is 4.38. The number of anilines is 1. The third-order valence-electron chi connectivity index (χ3n) is 7.46. The maximum atomic E-state index is 15.0. The number of likely N-dealkylation sites (tertiary alicyclic amines) is 1. The zero-order chi connectivity index (χ0) is 25.4. The Kier molecular flexibility index (Phi) is 6.30. The molecule has 0 spiro atoms. The first-order valence-electron chi connectivity index (χ1n) is 13.0. The summed E-state index contributed by atoms with van der Waals surface area (Å²) in [5.41, 5.74) is 9.74. The molecule has 3 N–H and O–H groups in total. The molecule has 4 aromatic rings. The van der Waals surface area contributed by atoms with E-state index in [2.05, 4.69) is 20.1 Å². The van der Waals surface area contributed by atoms with Gasteiger partial charge in [-0.25, -0.2) is 9.37 Å². The van der Waals surface area contributed by atoms with Crippen LogP contribution in [0.25, 0.3) is 33.4 Å². The van der Waals surface area contributed by atoms with Gasteiger partial charge >= 0.3 is 0 Å². The van der Waals surface area contributed by atoms with Gasteiger partial charge in [-0.15, -0.1) is 0 Å². The maximum absolute atomic E-state index is 15.0. The summed E-state index contributed by atoms with van der Waals surface area (Å²) in [6.07, 6.45) is 8.47. The van der Waals surface area contributed by atoms with Crippen molar-refractivity contribution in [2.24, 2.45) is 5.73 Å². The van der Waals surface area contributed by atoms with E-state index < -0.39 is 0 Å². The van der Waals surface area contributed by atoms with Gasteiger partial charge in [-0.05, 0) is 68.0 Å². The van der Waals surface area contributed by atoms with Crippen LogP contribution in [0.3, 0.4) is 0 Å². The number of nitrogens with one attached hydrogen (secondary N) is 1. The van der Waals surface area contributed by atoms with E-state index in [1.807, 2.05) is 23.1 Å². The Morgan fingerprint density at radius 3 is 2.62 bits per heavy atom. The molecule has 0 radical (unpaired) electrons. The van der Waals surface area contributed by atoms with Gasteiger partial charge in [0.2, 0.25) is 0 Å². The Morgan fingerprint density at radius 1 is 1.00 bits per heavy atom. The van der Waals surface area contributed by atoms with Gasteiger partial charge in [0.15, 0.2) is 0 Å². The first-order chi connectivity index (χ1) is 18.1. The summed E-state index contributed by atoms with van der Waals surface area (Å²) in [6, 6.07) is 10.5. The molecule has 2 fully saturated rings. The number of carbonyl (C=O) groups is 1. The van der Waals surface area contributed by atoms with Crippen molar-refractivity contribution < 1.29 is 9.18 Å². The second-order valence-corrected chi connectivity index (χ2v) is 9.97. The summed E-state index contributed by atoms with van der Waals surface area (Å²) in [5, 5.41) is 8.38. The highest BCUT2D eigenvalue weighted by atomic mass is 19.1. The molecule has 9 heteroatoms. The van der Waals surface area contributed by atoms with Crippen LogP contribution in [-0.4, -0.2) is 63.2 Å². The number of hydrogen-bond acceptors (Lipinski definition) is 6. The molecule has 4 heterocycles. The van der Waals surface area contributed by atoms with Crippen LogP contribution in [0.1, 0.15) is 42.5 Å². The number of carbonyl (C=O) groups excluding carboxylic acids is 1. The van der Waals surface area contributed by atoms with E-state index in [1.54, 1.807) is 24.5 Å². The van der Waals surface area contributed by atoms with E-state index in [4.69, 9.17) is 10.7 Å². The van der Waals surface area contributed by atoms with E-state index in [0.717, 1.165) is 75.0 Å². The minimum Gasteiger partial charge on any atom is -0.355 e. The molecule has 1 amide bonds. The van der Waals surface area contributed by atoms with Crippen LogP contribution in [0.2, 0.25) is 0 Å². The molecule has 0 unspecified atom stereocenters. The minimum absolute atomic E-state index is 0.0446. The highest BCUT2D eigenvalue weighted by molar-refractivity contribution is 5.97. The summed E-state index contributed by atoms with van der Waals surface area (Å²) < 4.78 is 15.0. The maximum Gasteiger partial charge on any atom is 0.253 e. The number of nitrogens with zero attached hydrogens (tertiary/aromatic N) is 5. The van der Waals surface area contributed by atoms with Crippen LogP contribution in [0.5, 0.6) is 0 Å². The molecule has 2 aliphatic rings. The third kappa shape index (κ3) is 4.67. The Morgan fingerprint density at radius 2 is 1.81 bits per heavy atom. The van der Waals surface area contributed by atoms with Crippen molar-refractivity contribution in [3.8, 4) is 22.5 Å². The highest BCUT2D eigenvalue weighted by Gasteiger charge is 2.21. The van der Waals surface area contributed by atoms with E-state index in [1.165, 1.54) is 6.07 Å². The number of piperidine rings is 2. The number of fused-ring (bicyclic) bond motifs is 1. The van der Waals surface area contributed by atoms with Crippen molar-refractivity contribution in [2.75, 3.05) is 31.1 Å². The van der Waals surface area contributed by atoms with Crippen molar-refractivity contribution in [3.05, 3.63) is 60.2 Å². The number of aromatic amines is 1. The molecular weight excluding hydrogens is 469 g/mol. The average molecular weight is 500 g/mol. The van der Waals surface area contributed by atoms with Gasteiger partial charge in [-0.1, -0.05) is 6.07 Å². The Bertz CT molecular complexity index is 1440. The first-order valence-corrected chi connectivity index (χ1v) is 13.0. The monoisotopic (exact) mass is 499 g/mol. The van der Waals surface area contributed by atoms with Crippen LogP contribution < -0.4 is 10.6 Å². The molecule has 2 saturated heterocycles. The molecule has 37 heavy (non-hydrogen) atoms. The quantitative estimate of drug-likeness (QED) is 0.432. The van der Waals surface area contributed by atoms with Gasteiger partial charge in [0.1, 0.15) is 23.0 Å². The summed E-state index contributed by atoms with van der Waals surface area (Å²) in [6.45, 7) is 3.19. The number of amides is 1. The molecule has 0 aliphatic carbocycles. The molecule has 0 atom stereocenters. The summed E-state index contributed by atoms with van der Waals surface area (Å²) in [4.78, 5) is 26.4. The molecule has 2 aromatic carbocycles. The summed E-state index contributed by atoms with van der Waals surface area (Å²) in [7, 11) is 0. The number of nitrogens with two attached hydrogens (primary N) is 1.